The zero-order valence-corrected chi connectivity index (χ0v) is 20.3. The molecule has 1 aromatic carbocycles. The van der Waals surface area contributed by atoms with E-state index >= 15 is 0 Å². The standard InChI is InChI=1S/C24H27N5O5S/c1-2-29-21-9-8-19(35(31,32)28-13-4-3-5-14-28)15-20(21)26-23(29)17-33-24(30)22-10-7-18(34-22)16-27-12-6-11-25-27/h6-12,15H,2-5,13-14,16-17H2,1H3. The van der Waals surface area contributed by atoms with E-state index in [2.05, 4.69) is 10.1 Å². The highest BCUT2D eigenvalue weighted by atomic mass is 32.2. The number of aromatic nitrogens is 4. The molecule has 0 aliphatic carbocycles. The van der Waals surface area contributed by atoms with Crippen LogP contribution in [0.25, 0.3) is 11.0 Å². The third-order valence-corrected chi connectivity index (χ3v) is 8.03. The van der Waals surface area contributed by atoms with Crippen LogP contribution in [-0.2, 0) is 34.5 Å². The minimum atomic E-state index is -3.56. The van der Waals surface area contributed by atoms with Crippen molar-refractivity contribution in [1.82, 2.24) is 23.6 Å². The number of imidazole rings is 1. The first-order valence-corrected chi connectivity index (χ1v) is 13.1. The number of fused-ring (bicyclic) bond motifs is 1. The number of sulfonamides is 1. The first-order valence-electron chi connectivity index (χ1n) is 11.7. The van der Waals surface area contributed by atoms with Gasteiger partial charge in [-0.1, -0.05) is 6.42 Å². The van der Waals surface area contributed by atoms with Crippen molar-refractivity contribution < 1.29 is 22.4 Å². The number of nitrogens with zero attached hydrogens (tertiary/aromatic N) is 5. The SMILES string of the molecule is CCn1c(COC(=O)c2ccc(Cn3cccn3)o2)nc2cc(S(=O)(=O)N3CCCCC3)ccc21. The summed E-state index contributed by atoms with van der Waals surface area (Å²) >= 11 is 0. The van der Waals surface area contributed by atoms with Crippen LogP contribution in [0.2, 0.25) is 0 Å². The summed E-state index contributed by atoms with van der Waals surface area (Å²) in [6, 6.07) is 10.1. The molecule has 0 amide bonds. The Morgan fingerprint density at radius 1 is 1.14 bits per heavy atom. The van der Waals surface area contributed by atoms with Gasteiger partial charge in [0.15, 0.2) is 0 Å². The zero-order valence-electron chi connectivity index (χ0n) is 19.5. The average Bonchev–Trinajstić information content (AvgIpc) is 3.63. The molecule has 4 aromatic rings. The maximum absolute atomic E-state index is 13.1. The van der Waals surface area contributed by atoms with Crippen molar-refractivity contribution in [3.8, 4) is 0 Å². The lowest BCUT2D eigenvalue weighted by Gasteiger charge is -2.25. The van der Waals surface area contributed by atoms with Crippen molar-refractivity contribution in [2.24, 2.45) is 0 Å². The Balaban J connectivity index is 1.32. The number of benzene rings is 1. The maximum Gasteiger partial charge on any atom is 0.374 e. The Morgan fingerprint density at radius 2 is 1.97 bits per heavy atom. The Labute approximate surface area is 203 Å². The molecular formula is C24H27N5O5S. The first kappa shape index (κ1) is 23.3. The molecule has 0 bridgehead atoms. The van der Waals surface area contributed by atoms with Gasteiger partial charge in [-0.3, -0.25) is 4.68 Å². The molecule has 0 atom stereocenters. The van der Waals surface area contributed by atoms with E-state index in [1.54, 1.807) is 51.7 Å². The highest BCUT2D eigenvalue weighted by Gasteiger charge is 2.27. The van der Waals surface area contributed by atoms with Crippen LogP contribution in [0.3, 0.4) is 0 Å². The van der Waals surface area contributed by atoms with E-state index in [4.69, 9.17) is 9.15 Å². The largest absolute Gasteiger partial charge is 0.452 e. The van der Waals surface area contributed by atoms with Gasteiger partial charge in [-0.2, -0.15) is 9.40 Å². The highest BCUT2D eigenvalue weighted by Crippen LogP contribution is 2.25. The third-order valence-electron chi connectivity index (χ3n) is 6.14. The fourth-order valence-corrected chi connectivity index (χ4v) is 5.90. The zero-order chi connectivity index (χ0) is 24.4. The topological polar surface area (TPSA) is 112 Å². The molecular weight excluding hydrogens is 470 g/mol. The number of rotatable bonds is 8. The summed E-state index contributed by atoms with van der Waals surface area (Å²) in [6.45, 7) is 3.98. The lowest BCUT2D eigenvalue weighted by molar-refractivity contribution is 0.0420. The monoisotopic (exact) mass is 497 g/mol. The summed E-state index contributed by atoms with van der Waals surface area (Å²) < 4.78 is 42.3. The summed E-state index contributed by atoms with van der Waals surface area (Å²) in [6.07, 6.45) is 6.28. The maximum atomic E-state index is 13.1. The van der Waals surface area contributed by atoms with Crippen LogP contribution in [0.4, 0.5) is 0 Å². The van der Waals surface area contributed by atoms with Gasteiger partial charge in [0.25, 0.3) is 0 Å². The average molecular weight is 498 g/mol. The van der Waals surface area contributed by atoms with E-state index in [0.29, 0.717) is 43.3 Å². The molecule has 0 saturated carbocycles. The number of piperidine rings is 1. The number of aryl methyl sites for hydroxylation is 1. The molecule has 184 valence electrons. The van der Waals surface area contributed by atoms with Crippen molar-refractivity contribution in [2.75, 3.05) is 13.1 Å². The molecule has 1 aliphatic heterocycles. The molecule has 0 spiro atoms. The smallest absolute Gasteiger partial charge is 0.374 e. The van der Waals surface area contributed by atoms with Gasteiger partial charge in [0.05, 0.1) is 22.5 Å². The molecule has 3 aromatic heterocycles. The van der Waals surface area contributed by atoms with Crippen LogP contribution in [0.5, 0.6) is 0 Å². The fourth-order valence-electron chi connectivity index (χ4n) is 4.36. The molecule has 10 nitrogen and oxygen atoms in total. The lowest BCUT2D eigenvalue weighted by atomic mass is 10.2. The van der Waals surface area contributed by atoms with Gasteiger partial charge in [-0.15, -0.1) is 0 Å². The number of ether oxygens (including phenoxy) is 1. The number of carbonyl (C=O) groups is 1. The lowest BCUT2D eigenvalue weighted by Crippen LogP contribution is -2.35. The summed E-state index contributed by atoms with van der Waals surface area (Å²) in [5, 5.41) is 4.12. The fraction of sp³-hybridized carbons (Fsp3) is 0.375. The Kier molecular flexibility index (Phi) is 6.44. The van der Waals surface area contributed by atoms with E-state index in [0.717, 1.165) is 24.8 Å². The van der Waals surface area contributed by atoms with E-state index in [9.17, 15) is 13.2 Å². The van der Waals surface area contributed by atoms with Crippen LogP contribution >= 0.6 is 0 Å². The van der Waals surface area contributed by atoms with Crippen LogP contribution < -0.4 is 0 Å². The molecule has 1 aliphatic rings. The van der Waals surface area contributed by atoms with Crippen molar-refractivity contribution in [3.63, 3.8) is 0 Å². The molecule has 1 fully saturated rings. The van der Waals surface area contributed by atoms with Gasteiger partial charge >= 0.3 is 5.97 Å². The minimum Gasteiger partial charge on any atom is -0.452 e. The van der Waals surface area contributed by atoms with Crippen LogP contribution in [0.15, 0.2) is 58.1 Å². The second-order valence-electron chi connectivity index (χ2n) is 8.43. The molecule has 0 unspecified atom stereocenters. The Hall–Kier alpha value is -3.44. The van der Waals surface area contributed by atoms with E-state index in [1.807, 2.05) is 17.6 Å². The number of hydrogen-bond acceptors (Lipinski definition) is 7. The second-order valence-corrected chi connectivity index (χ2v) is 10.4. The number of hydrogen-bond donors (Lipinski definition) is 0. The Bertz CT molecular complexity index is 1430. The van der Waals surface area contributed by atoms with E-state index in [-0.39, 0.29) is 17.3 Å². The minimum absolute atomic E-state index is 0.0647. The molecule has 35 heavy (non-hydrogen) atoms. The quantitative estimate of drug-likeness (QED) is 0.343. The molecule has 0 radical (unpaired) electrons. The van der Waals surface area contributed by atoms with Crippen LogP contribution in [-0.4, -0.2) is 51.1 Å². The van der Waals surface area contributed by atoms with Gasteiger partial charge in [0, 0.05) is 32.0 Å². The number of furan rings is 1. The van der Waals surface area contributed by atoms with E-state index < -0.39 is 16.0 Å². The molecule has 4 heterocycles. The predicted octanol–water partition coefficient (Wildman–Crippen LogP) is 3.43. The van der Waals surface area contributed by atoms with Crippen molar-refractivity contribution in [1.29, 1.82) is 0 Å². The molecule has 11 heteroatoms. The summed E-state index contributed by atoms with van der Waals surface area (Å²) in [4.78, 5) is 17.4. The van der Waals surface area contributed by atoms with Gasteiger partial charge in [0.1, 0.15) is 18.2 Å². The molecule has 0 N–H and O–H groups in total. The van der Waals surface area contributed by atoms with E-state index in [1.165, 1.54) is 0 Å². The van der Waals surface area contributed by atoms with Crippen LogP contribution in [0.1, 0.15) is 48.3 Å². The molecule has 5 rings (SSSR count). The summed E-state index contributed by atoms with van der Waals surface area (Å²) in [5.41, 5.74) is 1.34. The van der Waals surface area contributed by atoms with Crippen molar-refractivity contribution >= 4 is 27.0 Å². The van der Waals surface area contributed by atoms with Gasteiger partial charge in [-0.25, -0.2) is 18.2 Å². The van der Waals surface area contributed by atoms with Gasteiger partial charge in [0.2, 0.25) is 15.8 Å². The normalized spacial score (nSPS) is 15.0. The van der Waals surface area contributed by atoms with Crippen LogP contribution in [0, 0.1) is 0 Å². The molecule has 1 saturated heterocycles. The van der Waals surface area contributed by atoms with Crippen molar-refractivity contribution in [2.45, 2.75) is 50.8 Å². The Morgan fingerprint density at radius 3 is 2.71 bits per heavy atom. The number of carbonyl (C=O) groups excluding carboxylic acids is 1. The van der Waals surface area contributed by atoms with Gasteiger partial charge < -0.3 is 13.7 Å². The highest BCUT2D eigenvalue weighted by molar-refractivity contribution is 7.89. The third kappa shape index (κ3) is 4.73. The summed E-state index contributed by atoms with van der Waals surface area (Å²) in [5.74, 6) is 0.622. The van der Waals surface area contributed by atoms with Crippen molar-refractivity contribution in [3.05, 3.63) is 66.1 Å². The number of esters is 1. The predicted molar refractivity (Wildman–Crippen MR) is 127 cm³/mol. The summed E-state index contributed by atoms with van der Waals surface area (Å²) in [7, 11) is -3.56. The second kappa shape index (κ2) is 9.67. The van der Waals surface area contributed by atoms with Gasteiger partial charge in [-0.05, 0) is 56.2 Å². The first-order chi connectivity index (χ1) is 17.0.